The van der Waals surface area contributed by atoms with E-state index in [4.69, 9.17) is 47.7 Å². The summed E-state index contributed by atoms with van der Waals surface area (Å²) < 4.78 is 45.2. The van der Waals surface area contributed by atoms with Crippen LogP contribution in [0.3, 0.4) is 0 Å². The summed E-state index contributed by atoms with van der Waals surface area (Å²) >= 11 is 0. The molecule has 20 nitrogen and oxygen atoms in total. The molecule has 4 atom stereocenters. The van der Waals surface area contributed by atoms with Crippen LogP contribution in [0.4, 0.5) is 19.2 Å². The van der Waals surface area contributed by atoms with Gasteiger partial charge in [-0.1, -0.05) is 184 Å². The predicted molar refractivity (Wildman–Crippen MR) is 339 cm³/mol. The van der Waals surface area contributed by atoms with Crippen molar-refractivity contribution in [1.29, 1.82) is 0 Å². The summed E-state index contributed by atoms with van der Waals surface area (Å²) in [6, 6.07) is 7.27. The Bertz CT molecular complexity index is 2350. The first-order valence-electron chi connectivity index (χ1n) is 33.7. The number of benzene rings is 2. The molecule has 0 N–H and O–H groups in total. The summed E-state index contributed by atoms with van der Waals surface area (Å²) in [5.74, 6) is -6.88. The molecule has 0 aromatic heterocycles. The zero-order valence-corrected chi connectivity index (χ0v) is 56.0. The van der Waals surface area contributed by atoms with Crippen LogP contribution < -0.4 is 0 Å². The van der Waals surface area contributed by atoms with Gasteiger partial charge in [-0.05, 0) is 115 Å². The summed E-state index contributed by atoms with van der Waals surface area (Å²) in [6.07, 6.45) is 0.895. The molecule has 506 valence electrons. The fourth-order valence-corrected chi connectivity index (χ4v) is 10.2. The zero-order valence-electron chi connectivity index (χ0n) is 56.0. The van der Waals surface area contributed by atoms with Gasteiger partial charge in [0.2, 0.25) is 23.1 Å². The van der Waals surface area contributed by atoms with Gasteiger partial charge >= 0.3 is 36.6 Å². The van der Waals surface area contributed by atoms with Gasteiger partial charge in [0, 0.05) is 22.3 Å². The first-order chi connectivity index (χ1) is 43.3. The van der Waals surface area contributed by atoms with E-state index in [1.807, 2.05) is 83.1 Å². The second kappa shape index (κ2) is 45.4. The lowest BCUT2D eigenvalue weighted by molar-refractivity contribution is -0.187. The number of carbonyl (C=O) groups is 10. The molecule has 90 heavy (non-hydrogen) atoms. The highest BCUT2D eigenvalue weighted by molar-refractivity contribution is 6.18. The number of unbranched alkanes of at least 4 members (excludes halogenated alkanes) is 12. The summed E-state index contributed by atoms with van der Waals surface area (Å²) in [5.41, 5.74) is -3.36. The Balaban J connectivity index is 3.06. The molecule has 0 spiro atoms. The molecule has 20 heteroatoms. The van der Waals surface area contributed by atoms with Gasteiger partial charge in [0.05, 0.1) is 11.1 Å². The lowest BCUT2D eigenvalue weighted by Crippen LogP contribution is -2.35. The zero-order chi connectivity index (χ0) is 67.0. The first kappa shape index (κ1) is 79.2. The van der Waals surface area contributed by atoms with Crippen molar-refractivity contribution in [3.05, 3.63) is 69.8 Å². The third-order valence-corrected chi connectivity index (χ3v) is 15.9. The summed E-state index contributed by atoms with van der Waals surface area (Å²) in [7, 11) is 0. The molecule has 2 aromatic rings. The molecule has 0 amide bonds. The molecule has 2 aromatic carbocycles. The van der Waals surface area contributed by atoms with Crippen LogP contribution in [0.5, 0.6) is 0 Å². The Kier molecular flexibility index (Phi) is 40.0. The van der Waals surface area contributed by atoms with Crippen LogP contribution in [0, 0.1) is 0 Å². The van der Waals surface area contributed by atoms with Crippen LogP contribution in [0.15, 0.2) is 36.4 Å². The Hall–Kier alpha value is -6.86. The molecule has 0 radical (unpaired) electrons. The van der Waals surface area contributed by atoms with Crippen LogP contribution in [-0.4, -0.2) is 109 Å². The highest BCUT2D eigenvalue weighted by Gasteiger charge is 2.39. The highest BCUT2D eigenvalue weighted by Crippen LogP contribution is 2.30. The van der Waals surface area contributed by atoms with Crippen molar-refractivity contribution in [3.8, 4) is 0 Å². The van der Waals surface area contributed by atoms with Gasteiger partial charge in [-0.3, -0.25) is 19.2 Å². The number of ketones is 4. The maximum atomic E-state index is 15.3. The summed E-state index contributed by atoms with van der Waals surface area (Å²) in [5, 5.41) is 0. The monoisotopic (exact) mass is 1270 g/mol. The number of hydrogen-bond acceptors (Lipinski definition) is 20. The molecule has 0 aliphatic heterocycles. The topological polar surface area (TPSA) is 263 Å². The molecule has 0 heterocycles. The Morgan fingerprint density at radius 2 is 0.500 bits per heavy atom. The molecular weight excluding hydrogens is 1160 g/mol. The second-order valence-corrected chi connectivity index (χ2v) is 22.7. The smallest absolute Gasteiger partial charge is 0.431 e. The van der Waals surface area contributed by atoms with Crippen molar-refractivity contribution in [1.82, 2.24) is 0 Å². The fraction of sp³-hybridized carbons (Fsp3) is 0.686. The molecule has 0 saturated carbocycles. The van der Waals surface area contributed by atoms with E-state index in [0.29, 0.717) is 103 Å². The molecule has 0 aliphatic rings. The summed E-state index contributed by atoms with van der Waals surface area (Å²) in [6.45, 7) is 22.5. The fourth-order valence-electron chi connectivity index (χ4n) is 10.2. The molecule has 2 rings (SSSR count). The van der Waals surface area contributed by atoms with E-state index in [1.54, 1.807) is 0 Å². The lowest BCUT2D eigenvalue weighted by atomic mass is 9.88. The Labute approximate surface area is 534 Å². The van der Waals surface area contributed by atoms with Crippen molar-refractivity contribution < 1.29 is 95.6 Å². The van der Waals surface area contributed by atoms with Crippen LogP contribution in [0.1, 0.15) is 325 Å². The average Bonchev–Trinajstić information content (AvgIpc) is 0.995. The van der Waals surface area contributed by atoms with Crippen LogP contribution >= 0.6 is 0 Å². The second-order valence-electron chi connectivity index (χ2n) is 22.7. The number of rotatable bonds is 46. The van der Waals surface area contributed by atoms with E-state index < -0.39 is 142 Å². The first-order valence-corrected chi connectivity index (χ1v) is 33.7. The van der Waals surface area contributed by atoms with Gasteiger partial charge in [0.15, 0.2) is 24.4 Å². The lowest BCUT2D eigenvalue weighted by Gasteiger charge is -2.23. The van der Waals surface area contributed by atoms with E-state index in [-0.39, 0.29) is 25.7 Å². The van der Waals surface area contributed by atoms with E-state index in [9.17, 15) is 28.8 Å². The van der Waals surface area contributed by atoms with Crippen LogP contribution in [0.25, 0.3) is 0 Å². The Morgan fingerprint density at radius 1 is 0.278 bits per heavy atom. The van der Waals surface area contributed by atoms with Crippen molar-refractivity contribution in [3.63, 3.8) is 0 Å². The largest absolute Gasteiger partial charge is 0.509 e. The number of Topliss-reactive ketones (excluding diaryl/α,β-unsaturated/α-hetero) is 4. The van der Waals surface area contributed by atoms with E-state index >= 15 is 19.2 Å². The minimum Gasteiger partial charge on any atom is -0.431 e. The minimum atomic E-state index is -1.64. The molecule has 0 fully saturated rings. The van der Waals surface area contributed by atoms with Gasteiger partial charge in [-0.15, -0.1) is 0 Å². The molecule has 0 saturated heterocycles. The molecule has 0 bridgehead atoms. The van der Waals surface area contributed by atoms with Gasteiger partial charge < -0.3 is 37.9 Å². The van der Waals surface area contributed by atoms with Crippen LogP contribution in [0.2, 0.25) is 0 Å². The van der Waals surface area contributed by atoms with Crippen molar-refractivity contribution in [2.75, 3.05) is 0 Å². The number of hydrogen-bond donors (Lipinski definition) is 0. The third-order valence-electron chi connectivity index (χ3n) is 15.9. The standard InChI is InChI=1S/C70H106O20/c1-13-25-29-33-43-55(85-67(77)81-47(17-5)18-6)61(71)51-39-37-41-53(59(51)63(73)57(45-35-31-27-15-3)87-69(79)83-49(21-9)22-10)65(75)89-90-66(76)54-42-38-40-52(62(72)56(44-34-30-26-14-2)86-68(78)82-48(19-7)20-8)60(54)64(74)58(46-36-32-28-16-4)88-70(80)84-50(23-11)24-12/h37-42,47-50,55-58H,13-36,43-46H2,1-12H3. The third kappa shape index (κ3) is 27.3. The molecular formula is C70H106O20. The average molecular weight is 1270 g/mol. The van der Waals surface area contributed by atoms with Gasteiger partial charge in [0.25, 0.3) is 0 Å². The van der Waals surface area contributed by atoms with Crippen molar-refractivity contribution in [2.45, 2.75) is 312 Å². The van der Waals surface area contributed by atoms with Gasteiger partial charge in [-0.2, -0.15) is 0 Å². The molecule has 4 unspecified atom stereocenters. The highest BCUT2D eigenvalue weighted by atomic mass is 17.2. The van der Waals surface area contributed by atoms with Crippen molar-refractivity contribution in [2.24, 2.45) is 0 Å². The molecule has 0 aliphatic carbocycles. The summed E-state index contributed by atoms with van der Waals surface area (Å²) in [4.78, 5) is 155. The quantitative estimate of drug-likeness (QED) is 0.0149. The normalized spacial score (nSPS) is 12.6. The van der Waals surface area contributed by atoms with E-state index in [0.717, 1.165) is 63.5 Å². The van der Waals surface area contributed by atoms with Gasteiger partial charge in [-0.25, -0.2) is 38.5 Å². The maximum Gasteiger partial charge on any atom is 0.509 e. The van der Waals surface area contributed by atoms with E-state index in [1.165, 1.54) is 24.3 Å². The van der Waals surface area contributed by atoms with Crippen molar-refractivity contribution >= 4 is 59.7 Å². The number of carbonyl (C=O) groups excluding carboxylic acids is 10. The predicted octanol–water partition coefficient (Wildman–Crippen LogP) is 18.1. The SMILES string of the molecule is CCCCCCC(OC(=O)OC(CC)CC)C(=O)c1cccc(C(=O)OOC(=O)c2cccc(C(=O)C(CCCCCC)OC(=O)OC(CC)CC)c2C(=O)C(CCCCCC)OC(=O)OC(CC)CC)c1C(=O)C(CCCCCC)OC(=O)OC(CC)CC. The number of ether oxygens (including phenoxy) is 8. The maximum absolute atomic E-state index is 15.3. The van der Waals surface area contributed by atoms with E-state index in [2.05, 4.69) is 0 Å². The van der Waals surface area contributed by atoms with Crippen LogP contribution in [-0.2, 0) is 47.7 Å². The van der Waals surface area contributed by atoms with Gasteiger partial charge in [0.1, 0.15) is 24.4 Å². The Morgan fingerprint density at radius 3 is 0.722 bits per heavy atom. The minimum absolute atomic E-state index is 0.00407.